The monoisotopic (exact) mass is 498 g/mol. The normalized spacial score (nSPS) is 10.3. The van der Waals surface area contributed by atoms with E-state index in [-0.39, 0.29) is 18.2 Å². The first-order chi connectivity index (χ1) is 17.9. The number of nitrogens with one attached hydrogen (secondary N) is 1. The second-order valence-electron chi connectivity index (χ2n) is 7.84. The predicted molar refractivity (Wildman–Crippen MR) is 136 cm³/mol. The fraction of sp³-hybridized carbons (Fsp3) is 0.0714. The van der Waals surface area contributed by atoms with E-state index in [0.29, 0.717) is 39.6 Å². The third-order valence-corrected chi connectivity index (χ3v) is 5.28. The zero-order chi connectivity index (χ0) is 26.2. The Morgan fingerprint density at radius 2 is 1.46 bits per heavy atom. The number of amides is 1. The van der Waals surface area contributed by atoms with E-state index >= 15 is 0 Å². The molecule has 0 saturated carbocycles. The minimum absolute atomic E-state index is 0.0201. The minimum Gasteiger partial charge on any atom is -0.497 e. The molecular formula is C28H22N2O7. The quantitative estimate of drug-likeness (QED) is 0.171. The molecule has 0 fully saturated rings. The van der Waals surface area contributed by atoms with Crippen LogP contribution in [-0.2, 0) is 11.3 Å². The molecule has 4 aromatic carbocycles. The number of rotatable bonds is 9. The SMILES string of the molecule is COc1ccc(C(=O)Nc2ccc(C(=O)OCc3cccc(Oc4ccc([N+](=O)[O-])cc4)c3)cc2)cc1. The molecule has 0 aliphatic carbocycles. The third kappa shape index (κ3) is 6.70. The van der Waals surface area contributed by atoms with Gasteiger partial charge in [0, 0.05) is 23.4 Å². The molecule has 1 N–H and O–H groups in total. The summed E-state index contributed by atoms with van der Waals surface area (Å²) >= 11 is 0. The van der Waals surface area contributed by atoms with Crippen molar-refractivity contribution in [3.8, 4) is 17.2 Å². The van der Waals surface area contributed by atoms with Crippen LogP contribution < -0.4 is 14.8 Å². The number of carbonyl (C=O) groups is 2. The van der Waals surface area contributed by atoms with Gasteiger partial charge in [-0.1, -0.05) is 12.1 Å². The van der Waals surface area contributed by atoms with Crippen LogP contribution >= 0.6 is 0 Å². The maximum atomic E-state index is 12.5. The first kappa shape index (κ1) is 24.9. The molecule has 0 saturated heterocycles. The first-order valence-corrected chi connectivity index (χ1v) is 11.1. The number of hydrogen-bond donors (Lipinski definition) is 1. The number of carbonyl (C=O) groups excluding carboxylic acids is 2. The Bertz CT molecular complexity index is 1400. The average Bonchev–Trinajstić information content (AvgIpc) is 2.92. The molecule has 0 bridgehead atoms. The fourth-order valence-corrected chi connectivity index (χ4v) is 3.34. The van der Waals surface area contributed by atoms with Gasteiger partial charge in [-0.15, -0.1) is 0 Å². The molecule has 1 amide bonds. The summed E-state index contributed by atoms with van der Waals surface area (Å²) in [7, 11) is 1.55. The predicted octanol–water partition coefficient (Wildman–Crippen LogP) is 6.01. The molecule has 0 atom stereocenters. The van der Waals surface area contributed by atoms with Crippen LogP contribution in [0.1, 0.15) is 26.3 Å². The van der Waals surface area contributed by atoms with Gasteiger partial charge in [0.05, 0.1) is 17.6 Å². The van der Waals surface area contributed by atoms with Gasteiger partial charge >= 0.3 is 5.97 Å². The maximum absolute atomic E-state index is 12.5. The molecule has 9 heteroatoms. The Labute approximate surface area is 212 Å². The van der Waals surface area contributed by atoms with Gasteiger partial charge in [-0.3, -0.25) is 14.9 Å². The summed E-state index contributed by atoms with van der Waals surface area (Å²) in [6.45, 7) is 0.0201. The highest BCUT2D eigenvalue weighted by Crippen LogP contribution is 2.25. The van der Waals surface area contributed by atoms with Crippen molar-refractivity contribution in [3.05, 3.63) is 124 Å². The van der Waals surface area contributed by atoms with Gasteiger partial charge in [-0.2, -0.15) is 0 Å². The lowest BCUT2D eigenvalue weighted by Gasteiger charge is -2.09. The molecule has 0 aliphatic heterocycles. The average molecular weight is 498 g/mol. The van der Waals surface area contributed by atoms with E-state index in [9.17, 15) is 19.7 Å². The molecule has 9 nitrogen and oxygen atoms in total. The summed E-state index contributed by atoms with van der Waals surface area (Å²) in [6.07, 6.45) is 0. The van der Waals surface area contributed by atoms with Crippen molar-refractivity contribution in [3.63, 3.8) is 0 Å². The summed E-state index contributed by atoms with van der Waals surface area (Å²) in [5.41, 5.74) is 2.02. The Hall–Kier alpha value is -5.18. The summed E-state index contributed by atoms with van der Waals surface area (Å²) in [5, 5.41) is 13.6. The number of hydrogen-bond acceptors (Lipinski definition) is 7. The van der Waals surface area contributed by atoms with Crippen LogP contribution in [0.25, 0.3) is 0 Å². The second-order valence-corrected chi connectivity index (χ2v) is 7.84. The number of ether oxygens (including phenoxy) is 3. The third-order valence-electron chi connectivity index (χ3n) is 5.28. The zero-order valence-electron chi connectivity index (χ0n) is 19.7. The zero-order valence-corrected chi connectivity index (χ0v) is 19.7. The van der Waals surface area contributed by atoms with Crippen LogP contribution in [0.15, 0.2) is 97.1 Å². The van der Waals surface area contributed by atoms with Crippen LogP contribution in [-0.4, -0.2) is 23.9 Å². The van der Waals surface area contributed by atoms with E-state index in [4.69, 9.17) is 14.2 Å². The maximum Gasteiger partial charge on any atom is 0.338 e. The van der Waals surface area contributed by atoms with E-state index in [1.165, 1.54) is 24.3 Å². The highest BCUT2D eigenvalue weighted by atomic mass is 16.6. The van der Waals surface area contributed by atoms with Crippen LogP contribution in [0.3, 0.4) is 0 Å². The van der Waals surface area contributed by atoms with E-state index in [2.05, 4.69) is 5.32 Å². The number of anilines is 1. The Morgan fingerprint density at radius 1 is 0.811 bits per heavy atom. The Balaban J connectivity index is 1.31. The Kier molecular flexibility index (Phi) is 7.75. The van der Waals surface area contributed by atoms with Gasteiger partial charge in [0.15, 0.2) is 0 Å². The van der Waals surface area contributed by atoms with E-state index in [1.54, 1.807) is 79.9 Å². The molecule has 4 aromatic rings. The van der Waals surface area contributed by atoms with Gasteiger partial charge in [0.2, 0.25) is 0 Å². The molecule has 4 rings (SSSR count). The molecule has 0 heterocycles. The molecule has 37 heavy (non-hydrogen) atoms. The molecule has 0 radical (unpaired) electrons. The lowest BCUT2D eigenvalue weighted by molar-refractivity contribution is -0.384. The van der Waals surface area contributed by atoms with Gasteiger partial charge in [-0.25, -0.2) is 4.79 Å². The number of methoxy groups -OCH3 is 1. The van der Waals surface area contributed by atoms with E-state index in [1.807, 2.05) is 0 Å². The van der Waals surface area contributed by atoms with E-state index < -0.39 is 10.9 Å². The van der Waals surface area contributed by atoms with Crippen molar-refractivity contribution in [2.75, 3.05) is 12.4 Å². The van der Waals surface area contributed by atoms with Crippen LogP contribution in [0.4, 0.5) is 11.4 Å². The van der Waals surface area contributed by atoms with Crippen molar-refractivity contribution in [1.29, 1.82) is 0 Å². The van der Waals surface area contributed by atoms with Crippen LogP contribution in [0.5, 0.6) is 17.2 Å². The summed E-state index contributed by atoms with van der Waals surface area (Å²) in [4.78, 5) is 35.2. The standard InChI is InChI=1S/C28H22N2O7/c1-35-24-13-7-20(8-14-24)27(31)29-22-9-5-21(6-10-22)28(32)36-18-19-3-2-4-26(17-19)37-25-15-11-23(12-16-25)30(33)34/h2-17H,18H2,1H3,(H,29,31). The smallest absolute Gasteiger partial charge is 0.338 e. The van der Waals surface area contributed by atoms with Crippen molar-refractivity contribution >= 4 is 23.3 Å². The van der Waals surface area contributed by atoms with Gasteiger partial charge in [0.25, 0.3) is 11.6 Å². The molecule has 0 aromatic heterocycles. The topological polar surface area (TPSA) is 117 Å². The van der Waals surface area contributed by atoms with Gasteiger partial charge < -0.3 is 19.5 Å². The van der Waals surface area contributed by atoms with Crippen molar-refractivity contribution < 1.29 is 28.7 Å². The van der Waals surface area contributed by atoms with Gasteiger partial charge in [-0.05, 0) is 78.4 Å². The van der Waals surface area contributed by atoms with Crippen LogP contribution in [0, 0.1) is 10.1 Å². The lowest BCUT2D eigenvalue weighted by Crippen LogP contribution is -2.12. The van der Waals surface area contributed by atoms with E-state index in [0.717, 1.165) is 0 Å². The summed E-state index contributed by atoms with van der Waals surface area (Å²) < 4.78 is 16.2. The molecule has 0 spiro atoms. The molecule has 0 unspecified atom stereocenters. The number of nitro benzene ring substituents is 1. The molecule has 0 aliphatic rings. The fourth-order valence-electron chi connectivity index (χ4n) is 3.34. The van der Waals surface area contributed by atoms with Crippen LogP contribution in [0.2, 0.25) is 0 Å². The number of esters is 1. The summed E-state index contributed by atoms with van der Waals surface area (Å²) in [6, 6.07) is 25.8. The van der Waals surface area contributed by atoms with Crippen molar-refractivity contribution in [2.24, 2.45) is 0 Å². The minimum atomic E-state index is -0.519. The molecule has 186 valence electrons. The lowest BCUT2D eigenvalue weighted by atomic mass is 10.1. The highest BCUT2D eigenvalue weighted by molar-refractivity contribution is 6.04. The number of nitrogens with zero attached hydrogens (tertiary/aromatic N) is 1. The largest absolute Gasteiger partial charge is 0.497 e. The summed E-state index contributed by atoms with van der Waals surface area (Å²) in [5.74, 6) is 0.796. The Morgan fingerprint density at radius 3 is 2.11 bits per heavy atom. The first-order valence-electron chi connectivity index (χ1n) is 11.1. The number of benzene rings is 4. The van der Waals surface area contributed by atoms with Crippen molar-refractivity contribution in [2.45, 2.75) is 6.61 Å². The molecular weight excluding hydrogens is 476 g/mol. The number of nitro groups is 1. The van der Waals surface area contributed by atoms with Crippen molar-refractivity contribution in [1.82, 2.24) is 0 Å². The second kappa shape index (κ2) is 11.5. The number of non-ortho nitro benzene ring substituents is 1. The van der Waals surface area contributed by atoms with Gasteiger partial charge in [0.1, 0.15) is 23.9 Å². The highest BCUT2D eigenvalue weighted by Gasteiger charge is 2.11.